The highest BCUT2D eigenvalue weighted by atomic mass is 19.4. The minimum absolute atomic E-state index is 0.336. The van der Waals surface area contributed by atoms with Gasteiger partial charge in [0, 0.05) is 25.5 Å². The molecule has 0 saturated carbocycles. The minimum Gasteiger partial charge on any atom is -0.424 e. The summed E-state index contributed by atoms with van der Waals surface area (Å²) in [5, 5.41) is 6.75. The van der Waals surface area contributed by atoms with Crippen LogP contribution in [-0.2, 0) is 24.5 Å². The molecule has 0 aliphatic carbocycles. The highest BCUT2D eigenvalue weighted by Gasteiger charge is 2.33. The number of benzene rings is 2. The maximum Gasteiger partial charge on any atom is 0.433 e. The van der Waals surface area contributed by atoms with Gasteiger partial charge in [-0.25, -0.2) is 9.97 Å². The fraction of sp³-hybridized carbons (Fsp3) is 0.261. The molecule has 5 rings (SSSR count). The predicted molar refractivity (Wildman–Crippen MR) is 120 cm³/mol. The summed E-state index contributed by atoms with van der Waals surface area (Å²) in [6.45, 7) is 1.93. The van der Waals surface area contributed by atoms with Crippen molar-refractivity contribution in [2.45, 2.75) is 18.8 Å². The number of hydrogen-bond donors (Lipinski definition) is 2. The first-order valence-electron chi connectivity index (χ1n) is 10.6. The summed E-state index contributed by atoms with van der Waals surface area (Å²) in [5.74, 6) is 1.06. The fourth-order valence-corrected chi connectivity index (χ4v) is 3.50. The second kappa shape index (κ2) is 8.82. The summed E-state index contributed by atoms with van der Waals surface area (Å²) in [7, 11) is 1.94. The molecule has 0 bridgehead atoms. The van der Waals surface area contributed by atoms with Crippen molar-refractivity contribution in [2.75, 3.05) is 23.8 Å². The van der Waals surface area contributed by atoms with E-state index in [-0.39, 0.29) is 6.01 Å². The van der Waals surface area contributed by atoms with Crippen LogP contribution in [0.1, 0.15) is 11.3 Å². The number of imidazole rings is 1. The lowest BCUT2D eigenvalue weighted by Crippen LogP contribution is -2.40. The second-order valence-corrected chi connectivity index (χ2v) is 7.90. The van der Waals surface area contributed by atoms with Crippen LogP contribution in [0.5, 0.6) is 11.8 Å². The van der Waals surface area contributed by atoms with Gasteiger partial charge < -0.3 is 24.7 Å². The van der Waals surface area contributed by atoms with Crippen molar-refractivity contribution >= 4 is 22.7 Å². The number of alkyl halides is 3. The number of aryl methyl sites for hydroxylation is 1. The predicted octanol–water partition coefficient (Wildman–Crippen LogP) is 4.60. The lowest BCUT2D eigenvalue weighted by molar-refractivity contribution is -0.141. The zero-order valence-corrected chi connectivity index (χ0v) is 18.1. The zero-order valence-electron chi connectivity index (χ0n) is 18.1. The maximum absolute atomic E-state index is 12.8. The van der Waals surface area contributed by atoms with Gasteiger partial charge in [-0.05, 0) is 42.0 Å². The average molecular weight is 470 g/mol. The van der Waals surface area contributed by atoms with Crippen molar-refractivity contribution in [1.82, 2.24) is 19.5 Å². The van der Waals surface area contributed by atoms with E-state index in [1.807, 2.05) is 23.7 Å². The van der Waals surface area contributed by atoms with Crippen molar-refractivity contribution in [3.8, 4) is 11.8 Å². The molecule has 2 aromatic heterocycles. The Hall–Kier alpha value is -3.86. The van der Waals surface area contributed by atoms with Gasteiger partial charge in [0.25, 0.3) is 0 Å². The van der Waals surface area contributed by atoms with Crippen LogP contribution >= 0.6 is 0 Å². The molecule has 34 heavy (non-hydrogen) atoms. The van der Waals surface area contributed by atoms with E-state index >= 15 is 0 Å². The minimum atomic E-state index is -4.56. The molecular weight excluding hydrogens is 449 g/mol. The van der Waals surface area contributed by atoms with Gasteiger partial charge in [0.05, 0.1) is 30.3 Å². The van der Waals surface area contributed by atoms with Gasteiger partial charge in [-0.1, -0.05) is 12.1 Å². The van der Waals surface area contributed by atoms with E-state index < -0.39 is 11.9 Å². The Labute approximate surface area is 192 Å². The molecule has 11 heteroatoms. The number of nitrogens with zero attached hydrogens (tertiary/aromatic N) is 4. The van der Waals surface area contributed by atoms with Crippen LogP contribution in [0.25, 0.3) is 11.0 Å². The average Bonchev–Trinajstić information content (AvgIpc) is 3.10. The topological polar surface area (TPSA) is 86.1 Å². The number of hydrogen-bond acceptors (Lipinski definition) is 7. The quantitative estimate of drug-likeness (QED) is 0.408. The van der Waals surface area contributed by atoms with E-state index in [0.29, 0.717) is 31.5 Å². The third-order valence-corrected chi connectivity index (χ3v) is 5.40. The van der Waals surface area contributed by atoms with Gasteiger partial charge in [-0.15, -0.1) is 0 Å². The molecule has 4 aromatic rings. The molecule has 0 amide bonds. The molecule has 0 spiro atoms. The molecule has 0 radical (unpaired) electrons. The summed E-state index contributed by atoms with van der Waals surface area (Å²) >= 11 is 0. The molecule has 176 valence electrons. The number of anilines is 2. The lowest BCUT2D eigenvalue weighted by atomic mass is 10.2. The standard InChI is InChI=1S/C23H21F3N6O2/c1-32-19-10-15(29-16-12-33-13-16)4-7-18(19)30-21(32)28-11-14-2-5-17(6-3-14)34-22-27-9-8-20(31-22)23(24,25)26/h2-10,16,29H,11-13H2,1H3,(H,28,30). The van der Waals surface area contributed by atoms with Crippen LogP contribution in [0.15, 0.2) is 54.7 Å². The number of nitrogens with one attached hydrogen (secondary N) is 2. The maximum atomic E-state index is 12.8. The molecule has 8 nitrogen and oxygen atoms in total. The van der Waals surface area contributed by atoms with Gasteiger partial charge in [0.1, 0.15) is 5.75 Å². The summed E-state index contributed by atoms with van der Waals surface area (Å²) in [6, 6.07) is 13.7. The molecular formula is C23H21F3N6O2. The summed E-state index contributed by atoms with van der Waals surface area (Å²) in [6.07, 6.45) is -3.54. The SMILES string of the molecule is Cn1c(NCc2ccc(Oc3nccc(C(F)(F)F)n3)cc2)nc2ccc(NC3COC3)cc21. The Bertz CT molecular complexity index is 1300. The van der Waals surface area contributed by atoms with Gasteiger partial charge in [0.2, 0.25) is 5.95 Å². The van der Waals surface area contributed by atoms with E-state index in [9.17, 15) is 13.2 Å². The van der Waals surface area contributed by atoms with Crippen molar-refractivity contribution in [1.29, 1.82) is 0 Å². The van der Waals surface area contributed by atoms with E-state index in [1.54, 1.807) is 24.3 Å². The van der Waals surface area contributed by atoms with Crippen LogP contribution < -0.4 is 15.4 Å². The molecule has 1 saturated heterocycles. The van der Waals surface area contributed by atoms with E-state index in [4.69, 9.17) is 9.47 Å². The van der Waals surface area contributed by atoms with E-state index in [0.717, 1.165) is 40.5 Å². The van der Waals surface area contributed by atoms with Crippen molar-refractivity contribution < 1.29 is 22.6 Å². The smallest absolute Gasteiger partial charge is 0.424 e. The van der Waals surface area contributed by atoms with Crippen molar-refractivity contribution in [3.63, 3.8) is 0 Å². The summed E-state index contributed by atoms with van der Waals surface area (Å²) in [4.78, 5) is 11.8. The normalized spacial score (nSPS) is 14.1. The van der Waals surface area contributed by atoms with Crippen LogP contribution in [0.3, 0.4) is 0 Å². The first-order chi connectivity index (χ1) is 16.3. The highest BCUT2D eigenvalue weighted by molar-refractivity contribution is 5.82. The number of ether oxygens (including phenoxy) is 2. The highest BCUT2D eigenvalue weighted by Crippen LogP contribution is 2.29. The fourth-order valence-electron chi connectivity index (χ4n) is 3.50. The third kappa shape index (κ3) is 4.74. The van der Waals surface area contributed by atoms with Crippen molar-refractivity contribution in [2.24, 2.45) is 7.05 Å². The summed E-state index contributed by atoms with van der Waals surface area (Å²) < 4.78 is 51.0. The lowest BCUT2D eigenvalue weighted by Gasteiger charge is -2.27. The second-order valence-electron chi connectivity index (χ2n) is 7.90. The summed E-state index contributed by atoms with van der Waals surface area (Å²) in [5.41, 5.74) is 2.79. The van der Waals surface area contributed by atoms with Crippen molar-refractivity contribution in [3.05, 3.63) is 66.0 Å². The Balaban J connectivity index is 1.23. The Morgan fingerprint density at radius 3 is 2.59 bits per heavy atom. The van der Waals surface area contributed by atoms with Crippen LogP contribution in [-0.4, -0.2) is 38.8 Å². The van der Waals surface area contributed by atoms with Crippen LogP contribution in [0, 0.1) is 0 Å². The Morgan fingerprint density at radius 2 is 1.88 bits per heavy atom. The molecule has 2 N–H and O–H groups in total. The first-order valence-corrected chi connectivity index (χ1v) is 10.6. The van der Waals surface area contributed by atoms with Gasteiger partial charge in [-0.2, -0.15) is 18.2 Å². The van der Waals surface area contributed by atoms with Crippen LogP contribution in [0.4, 0.5) is 24.8 Å². The first kappa shape index (κ1) is 22.0. The van der Waals surface area contributed by atoms with Gasteiger partial charge in [-0.3, -0.25) is 0 Å². The Kier molecular flexibility index (Phi) is 5.70. The number of halogens is 3. The van der Waals surface area contributed by atoms with Gasteiger partial charge >= 0.3 is 12.2 Å². The molecule has 0 unspecified atom stereocenters. The molecule has 0 atom stereocenters. The van der Waals surface area contributed by atoms with Crippen LogP contribution in [0.2, 0.25) is 0 Å². The monoisotopic (exact) mass is 470 g/mol. The number of rotatable bonds is 7. The number of aromatic nitrogens is 4. The Morgan fingerprint density at radius 1 is 1.09 bits per heavy atom. The molecule has 1 fully saturated rings. The van der Waals surface area contributed by atoms with E-state index in [1.165, 1.54) is 0 Å². The molecule has 1 aliphatic rings. The molecule has 2 aromatic carbocycles. The molecule has 3 heterocycles. The molecule has 1 aliphatic heterocycles. The zero-order chi connectivity index (χ0) is 23.7. The largest absolute Gasteiger partial charge is 0.433 e. The van der Waals surface area contributed by atoms with Gasteiger partial charge in [0.15, 0.2) is 5.69 Å². The number of fused-ring (bicyclic) bond motifs is 1. The van der Waals surface area contributed by atoms with E-state index in [2.05, 4.69) is 31.7 Å². The third-order valence-electron chi connectivity index (χ3n) is 5.40.